The quantitative estimate of drug-likeness (QED) is 0.295. The lowest BCUT2D eigenvalue weighted by Gasteiger charge is -2.14. The van der Waals surface area contributed by atoms with Crippen LogP contribution in [0.25, 0.3) is 6.08 Å². The minimum absolute atomic E-state index is 0.218. The van der Waals surface area contributed by atoms with Crippen LogP contribution in [-0.4, -0.2) is 16.8 Å². The van der Waals surface area contributed by atoms with Gasteiger partial charge in [0.2, 0.25) is 0 Å². The Morgan fingerprint density at radius 1 is 1.09 bits per heavy atom. The molecule has 0 aliphatic carbocycles. The van der Waals surface area contributed by atoms with Gasteiger partial charge in [-0.05, 0) is 55.0 Å². The van der Waals surface area contributed by atoms with Crippen LogP contribution < -0.4 is 14.4 Å². The molecule has 0 N–H and O–H groups in total. The van der Waals surface area contributed by atoms with Crippen molar-refractivity contribution in [3.63, 3.8) is 0 Å². The third kappa shape index (κ3) is 5.11. The minimum Gasteiger partial charge on any atom is -0.490 e. The average molecular weight is 491 g/mol. The van der Waals surface area contributed by atoms with Crippen LogP contribution in [0.15, 0.2) is 71.6 Å². The standard InChI is InChI=1S/C26H19FN2O3S2/c1-2-31-23-12-17(10-11-22(23)32-16-19-7-4-3-6-18(19)15-28)13-24-25(30)29(26(33)34-24)21-9-5-8-20(27)14-21/h3-14H,2,16H2,1H3/b24-13-. The van der Waals surface area contributed by atoms with E-state index in [9.17, 15) is 14.4 Å². The predicted octanol–water partition coefficient (Wildman–Crippen LogP) is 6.08. The number of rotatable bonds is 7. The number of benzene rings is 3. The molecule has 3 aromatic carbocycles. The van der Waals surface area contributed by atoms with E-state index in [1.807, 2.05) is 25.1 Å². The highest BCUT2D eigenvalue weighted by Crippen LogP contribution is 2.37. The molecule has 0 bridgehead atoms. The van der Waals surface area contributed by atoms with Gasteiger partial charge in [0, 0.05) is 5.56 Å². The first-order valence-corrected chi connectivity index (χ1v) is 11.6. The van der Waals surface area contributed by atoms with Crippen LogP contribution in [0.1, 0.15) is 23.6 Å². The summed E-state index contributed by atoms with van der Waals surface area (Å²) in [5.41, 5.74) is 2.45. The fourth-order valence-electron chi connectivity index (χ4n) is 3.37. The molecule has 0 radical (unpaired) electrons. The van der Waals surface area contributed by atoms with Crippen molar-refractivity contribution in [2.45, 2.75) is 13.5 Å². The normalized spacial score (nSPS) is 14.4. The van der Waals surface area contributed by atoms with Crippen LogP contribution >= 0.6 is 24.0 Å². The topological polar surface area (TPSA) is 62.6 Å². The smallest absolute Gasteiger partial charge is 0.270 e. The monoisotopic (exact) mass is 490 g/mol. The maximum absolute atomic E-state index is 13.6. The van der Waals surface area contributed by atoms with Crippen molar-refractivity contribution in [1.29, 1.82) is 5.26 Å². The highest BCUT2D eigenvalue weighted by atomic mass is 32.2. The maximum Gasteiger partial charge on any atom is 0.270 e. The van der Waals surface area contributed by atoms with Gasteiger partial charge in [0.25, 0.3) is 5.91 Å². The summed E-state index contributed by atoms with van der Waals surface area (Å²) in [5.74, 6) is 0.294. The minimum atomic E-state index is -0.440. The summed E-state index contributed by atoms with van der Waals surface area (Å²) in [7, 11) is 0. The summed E-state index contributed by atoms with van der Waals surface area (Å²) < 4.78 is 25.7. The zero-order valence-corrected chi connectivity index (χ0v) is 19.8. The lowest BCUT2D eigenvalue weighted by molar-refractivity contribution is -0.113. The molecule has 4 rings (SSSR count). The second-order valence-corrected chi connectivity index (χ2v) is 8.87. The first-order valence-electron chi connectivity index (χ1n) is 10.4. The first-order chi connectivity index (χ1) is 16.5. The number of thioether (sulfide) groups is 1. The molecule has 1 amide bonds. The molecule has 170 valence electrons. The molecule has 1 aliphatic rings. The number of carbonyl (C=O) groups excluding carboxylic acids is 1. The van der Waals surface area contributed by atoms with E-state index in [0.717, 1.165) is 22.9 Å². The Bertz CT molecular complexity index is 1330. The van der Waals surface area contributed by atoms with Gasteiger partial charge in [0.05, 0.1) is 28.8 Å². The average Bonchev–Trinajstić information content (AvgIpc) is 3.11. The van der Waals surface area contributed by atoms with Gasteiger partial charge in [-0.2, -0.15) is 5.26 Å². The largest absolute Gasteiger partial charge is 0.490 e. The molecule has 0 unspecified atom stereocenters. The number of hydrogen-bond donors (Lipinski definition) is 0. The van der Waals surface area contributed by atoms with Gasteiger partial charge in [0.15, 0.2) is 15.8 Å². The molecule has 8 heteroatoms. The highest BCUT2D eigenvalue weighted by molar-refractivity contribution is 8.27. The molecule has 34 heavy (non-hydrogen) atoms. The van der Waals surface area contributed by atoms with E-state index in [1.54, 1.807) is 36.4 Å². The van der Waals surface area contributed by atoms with E-state index in [1.165, 1.54) is 23.1 Å². The fraction of sp³-hybridized carbons (Fsp3) is 0.115. The van der Waals surface area contributed by atoms with Crippen molar-refractivity contribution in [2.24, 2.45) is 0 Å². The summed E-state index contributed by atoms with van der Waals surface area (Å²) in [6, 6.07) is 20.5. The van der Waals surface area contributed by atoms with Crippen LogP contribution in [0.5, 0.6) is 11.5 Å². The third-order valence-corrected chi connectivity index (χ3v) is 6.25. The Hall–Kier alpha value is -3.67. The number of hydrogen-bond acceptors (Lipinski definition) is 6. The molecule has 3 aromatic rings. The van der Waals surface area contributed by atoms with Gasteiger partial charge in [-0.1, -0.05) is 54.3 Å². The van der Waals surface area contributed by atoms with Gasteiger partial charge in [-0.15, -0.1) is 0 Å². The van der Waals surface area contributed by atoms with Crippen molar-refractivity contribution in [3.8, 4) is 17.6 Å². The first kappa shape index (κ1) is 23.5. The van der Waals surface area contributed by atoms with Gasteiger partial charge in [-0.25, -0.2) is 4.39 Å². The number of anilines is 1. The molecule has 5 nitrogen and oxygen atoms in total. The van der Waals surface area contributed by atoms with Crippen molar-refractivity contribution >= 4 is 46.0 Å². The Kier molecular flexibility index (Phi) is 7.26. The van der Waals surface area contributed by atoms with Gasteiger partial charge < -0.3 is 9.47 Å². The van der Waals surface area contributed by atoms with Crippen molar-refractivity contribution in [3.05, 3.63) is 94.1 Å². The van der Waals surface area contributed by atoms with E-state index in [4.69, 9.17) is 21.7 Å². The van der Waals surface area contributed by atoms with Crippen LogP contribution in [0.4, 0.5) is 10.1 Å². The van der Waals surface area contributed by atoms with Crippen LogP contribution in [0, 0.1) is 17.1 Å². The van der Waals surface area contributed by atoms with E-state index in [2.05, 4.69) is 6.07 Å². The number of amides is 1. The molecule has 0 aromatic heterocycles. The number of nitriles is 1. The molecule has 1 aliphatic heterocycles. The molecule has 0 spiro atoms. The van der Waals surface area contributed by atoms with E-state index in [-0.39, 0.29) is 12.5 Å². The number of carbonyl (C=O) groups is 1. The van der Waals surface area contributed by atoms with Crippen LogP contribution in [-0.2, 0) is 11.4 Å². The van der Waals surface area contributed by atoms with E-state index in [0.29, 0.717) is 38.6 Å². The summed E-state index contributed by atoms with van der Waals surface area (Å²) in [6.45, 7) is 2.51. The van der Waals surface area contributed by atoms with Crippen LogP contribution in [0.2, 0.25) is 0 Å². The number of halogens is 1. The Balaban J connectivity index is 1.57. The molecule has 1 heterocycles. The SMILES string of the molecule is CCOc1cc(/C=C2\SC(=S)N(c3cccc(F)c3)C2=O)ccc1OCc1ccccc1C#N. The molecule has 1 saturated heterocycles. The van der Waals surface area contributed by atoms with Gasteiger partial charge in [0.1, 0.15) is 12.4 Å². The van der Waals surface area contributed by atoms with E-state index >= 15 is 0 Å². The Morgan fingerprint density at radius 3 is 2.68 bits per heavy atom. The summed E-state index contributed by atoms with van der Waals surface area (Å²) in [6.07, 6.45) is 1.72. The van der Waals surface area contributed by atoms with Crippen LogP contribution in [0.3, 0.4) is 0 Å². The second kappa shape index (κ2) is 10.5. The Morgan fingerprint density at radius 2 is 1.91 bits per heavy atom. The second-order valence-electron chi connectivity index (χ2n) is 7.19. The third-order valence-electron chi connectivity index (χ3n) is 4.95. The van der Waals surface area contributed by atoms with Crippen molar-refractivity contribution in [1.82, 2.24) is 0 Å². The van der Waals surface area contributed by atoms with Crippen molar-refractivity contribution in [2.75, 3.05) is 11.5 Å². The Labute approximate surface area is 206 Å². The molecule has 1 fully saturated rings. The molecule has 0 atom stereocenters. The van der Waals surface area contributed by atoms with E-state index < -0.39 is 5.82 Å². The number of nitrogens with zero attached hydrogens (tertiary/aromatic N) is 2. The highest BCUT2D eigenvalue weighted by Gasteiger charge is 2.33. The maximum atomic E-state index is 13.6. The molecular weight excluding hydrogens is 471 g/mol. The van der Waals surface area contributed by atoms with Crippen molar-refractivity contribution < 1.29 is 18.7 Å². The fourth-order valence-corrected chi connectivity index (χ4v) is 4.67. The lowest BCUT2D eigenvalue weighted by atomic mass is 10.1. The zero-order valence-electron chi connectivity index (χ0n) is 18.2. The van der Waals surface area contributed by atoms with Gasteiger partial charge >= 0.3 is 0 Å². The summed E-state index contributed by atoms with van der Waals surface area (Å²) >= 11 is 6.52. The number of ether oxygens (including phenoxy) is 2. The number of thiocarbonyl (C=S) groups is 1. The summed E-state index contributed by atoms with van der Waals surface area (Å²) in [4.78, 5) is 14.7. The predicted molar refractivity (Wildman–Crippen MR) is 135 cm³/mol. The molecule has 0 saturated carbocycles. The zero-order chi connectivity index (χ0) is 24.1. The van der Waals surface area contributed by atoms with Gasteiger partial charge in [-0.3, -0.25) is 9.69 Å². The summed E-state index contributed by atoms with van der Waals surface area (Å²) in [5, 5.41) is 9.27. The lowest BCUT2D eigenvalue weighted by Crippen LogP contribution is -2.27. The molecular formula is C26H19FN2O3S2.